The fourth-order valence-electron chi connectivity index (χ4n) is 10.8. The second-order valence-corrected chi connectivity index (χ2v) is 24.0. The van der Waals surface area contributed by atoms with Crippen LogP contribution in [0.15, 0.2) is 297 Å². The maximum Gasteiger partial charge on any atom is 0.321 e. The number of ether oxygens (including phenoxy) is 2. The van der Waals surface area contributed by atoms with E-state index in [9.17, 15) is 5.11 Å². The summed E-state index contributed by atoms with van der Waals surface area (Å²) in [6.07, 6.45) is 9.93. The van der Waals surface area contributed by atoms with Gasteiger partial charge in [-0.05, 0) is 215 Å². The number of aromatic hydroxyl groups is 1. The third-order valence-electron chi connectivity index (χ3n) is 15.3. The second kappa shape index (κ2) is 34.2. The summed E-state index contributed by atoms with van der Waals surface area (Å²) in [7, 11) is 0. The molecular formula is C78H62BrCl4N15O3. The summed E-state index contributed by atoms with van der Waals surface area (Å²) in [5.74, 6) is 3.03. The second-order valence-electron chi connectivity index (χ2n) is 22.1. The van der Waals surface area contributed by atoms with Crippen LogP contribution in [0, 0.1) is 0 Å². The molecular weight excluding hydrogens is 1420 g/mol. The normalized spacial score (nSPS) is 10.6. The minimum absolute atomic E-state index is 0. The minimum atomic E-state index is 0. The highest BCUT2D eigenvalue weighted by molar-refractivity contribution is 9.10. The van der Waals surface area contributed by atoms with E-state index in [1.165, 1.54) is 0 Å². The van der Waals surface area contributed by atoms with E-state index in [1.807, 2.05) is 170 Å². The Morgan fingerprint density at radius 1 is 0.327 bits per heavy atom. The molecule has 18 nitrogen and oxygen atoms in total. The van der Waals surface area contributed by atoms with E-state index in [4.69, 9.17) is 61.5 Å². The number of nitrogens with two attached hydrogens (primary N) is 3. The van der Waals surface area contributed by atoms with Crippen molar-refractivity contribution in [2.75, 3.05) is 17.2 Å². The Labute approximate surface area is 612 Å². The molecule has 0 spiro atoms. The lowest BCUT2D eigenvalue weighted by atomic mass is 10.1. The number of aromatic nitrogens is 12. The number of hydrogen-bond acceptors (Lipinski definition) is 15. The molecule has 0 amide bonds. The van der Waals surface area contributed by atoms with Crippen molar-refractivity contribution < 1.29 is 14.6 Å². The van der Waals surface area contributed by atoms with Crippen molar-refractivity contribution in [1.82, 2.24) is 58.6 Å². The van der Waals surface area contributed by atoms with Crippen LogP contribution in [0.5, 0.6) is 29.3 Å². The molecule has 0 aliphatic rings. The van der Waals surface area contributed by atoms with Crippen molar-refractivity contribution in [2.45, 2.75) is 19.6 Å². The summed E-state index contributed by atoms with van der Waals surface area (Å²) >= 11 is 22.6. The van der Waals surface area contributed by atoms with Gasteiger partial charge >= 0.3 is 12.0 Å². The predicted molar refractivity (Wildman–Crippen MR) is 407 cm³/mol. The van der Waals surface area contributed by atoms with Gasteiger partial charge in [0.1, 0.15) is 34.7 Å². The minimum Gasteiger partial charge on any atom is -0.508 e. The summed E-state index contributed by atoms with van der Waals surface area (Å²) in [6.45, 7) is 1.64. The molecule has 9 aromatic heterocycles. The monoisotopic (exact) mass is 1480 g/mol. The number of nitrogen functional groups attached to an aromatic ring is 3. The van der Waals surface area contributed by atoms with Crippen molar-refractivity contribution in [1.29, 1.82) is 0 Å². The molecule has 0 saturated heterocycles. The van der Waals surface area contributed by atoms with Gasteiger partial charge in [-0.3, -0.25) is 0 Å². The van der Waals surface area contributed by atoms with Crippen molar-refractivity contribution in [3.8, 4) is 96.8 Å². The van der Waals surface area contributed by atoms with Gasteiger partial charge in [-0.25, -0.2) is 44.9 Å². The Morgan fingerprint density at radius 3 is 0.901 bits per heavy atom. The van der Waals surface area contributed by atoms with Gasteiger partial charge in [-0.15, -0.1) is 12.4 Å². The first-order valence-electron chi connectivity index (χ1n) is 31.2. The average Bonchev–Trinajstić information content (AvgIpc) is 1.74. The number of halogens is 5. The van der Waals surface area contributed by atoms with Gasteiger partial charge in [0, 0.05) is 86.0 Å². The molecule has 0 unspecified atom stereocenters. The van der Waals surface area contributed by atoms with E-state index in [2.05, 4.69) is 111 Å². The Bertz CT molecular complexity index is 4960. The molecule has 0 fully saturated rings. The summed E-state index contributed by atoms with van der Waals surface area (Å²) in [5.41, 5.74) is 32.2. The molecule has 7 N–H and O–H groups in total. The van der Waals surface area contributed by atoms with Crippen LogP contribution in [0.4, 0.5) is 17.5 Å². The molecule has 0 saturated carbocycles. The molecule has 0 radical (unpaired) electrons. The summed E-state index contributed by atoms with van der Waals surface area (Å²) < 4.78 is 18.6. The first-order chi connectivity index (χ1) is 48.8. The van der Waals surface area contributed by atoms with E-state index >= 15 is 0 Å². The van der Waals surface area contributed by atoms with E-state index in [1.54, 1.807) is 85.7 Å². The highest BCUT2D eigenvalue weighted by Gasteiger charge is 2.19. The van der Waals surface area contributed by atoms with Gasteiger partial charge in [-0.1, -0.05) is 108 Å². The van der Waals surface area contributed by atoms with Crippen LogP contribution in [0.2, 0.25) is 15.1 Å². The standard InChI is InChI=1S/2C26H20ClN5O.C22H18ClN3O.C4H3BrN2.ClH/c2*27-22-7-2-1-6-21(22)24-14-13-23(32(24)17-19-5-3-8-25(28)31-19)18-9-11-20(12-10-18)33-26-29-15-4-16-30-26;23-19-6-2-1-5-18(19)21-13-12-20(15-8-10-17(27)11-9-15)26(21)14-16-4-3-7-22(24)25-16;5-4-6-2-1-3-7-4;/h2*1-16H,17H2,(H2,28,31);1-13,27H,14H2,(H2,24,25);1-3H;1H. The number of benzene rings is 6. The van der Waals surface area contributed by atoms with Crippen LogP contribution >= 0.6 is 63.1 Å². The van der Waals surface area contributed by atoms with Crippen LogP contribution < -0.4 is 26.7 Å². The Hall–Kier alpha value is -11.7. The highest BCUT2D eigenvalue weighted by atomic mass is 79.9. The molecule has 15 aromatic rings. The fourth-order valence-corrected chi connectivity index (χ4v) is 11.7. The number of anilines is 3. The average molecular weight is 1480 g/mol. The fraction of sp³-hybridized carbons (Fsp3) is 0.0385. The number of phenols is 1. The molecule has 9 heterocycles. The number of phenolic OH excluding ortho intramolecular Hbond substituents is 1. The van der Waals surface area contributed by atoms with E-state index in [-0.39, 0.29) is 18.2 Å². The summed E-state index contributed by atoms with van der Waals surface area (Å²) in [5, 5.41) is 11.7. The first-order valence-corrected chi connectivity index (χ1v) is 33.1. The third-order valence-corrected chi connectivity index (χ3v) is 16.7. The van der Waals surface area contributed by atoms with Gasteiger partial charge in [0.25, 0.3) is 0 Å². The zero-order valence-corrected chi connectivity index (χ0v) is 58.3. The smallest absolute Gasteiger partial charge is 0.321 e. The number of nitrogens with zero attached hydrogens (tertiary/aromatic N) is 12. The lowest BCUT2D eigenvalue weighted by Gasteiger charge is -2.15. The molecule has 0 aliphatic carbocycles. The van der Waals surface area contributed by atoms with Crippen LogP contribution in [-0.2, 0) is 19.6 Å². The summed E-state index contributed by atoms with van der Waals surface area (Å²) in [6, 6.07) is 81.4. The Balaban J connectivity index is 0.000000145. The van der Waals surface area contributed by atoms with Crippen molar-refractivity contribution >= 4 is 80.6 Å². The number of hydrogen-bond donors (Lipinski definition) is 4. The van der Waals surface area contributed by atoms with E-state index in [0.717, 1.165) is 84.6 Å². The first kappa shape index (κ1) is 70.6. The maximum absolute atomic E-state index is 9.61. The van der Waals surface area contributed by atoms with Crippen molar-refractivity contribution in [3.63, 3.8) is 0 Å². The molecule has 6 aromatic carbocycles. The SMILES string of the molecule is Brc1ncccn1.Cl.Nc1cccc(Cn2c(-c3ccc(O)cc3)ccc2-c2ccccc2Cl)n1.Nc1cccc(Cn2c(-c3ccc(Oc4ncccn4)cc3)ccc2-c2ccccc2Cl)n1.Nc1cccc(Cn2c(-c3ccc(Oc4ncccn4)cc3)ccc2-c2ccccc2Cl)n1. The molecule has 15 rings (SSSR count). The van der Waals surface area contributed by atoms with Gasteiger partial charge in [0.15, 0.2) is 4.73 Å². The Morgan fingerprint density at radius 2 is 0.614 bits per heavy atom. The van der Waals surface area contributed by atoms with Crippen LogP contribution in [0.3, 0.4) is 0 Å². The van der Waals surface area contributed by atoms with Crippen LogP contribution in [0.25, 0.3) is 67.5 Å². The predicted octanol–water partition coefficient (Wildman–Crippen LogP) is 19.0. The van der Waals surface area contributed by atoms with Crippen LogP contribution in [-0.4, -0.2) is 63.7 Å². The van der Waals surface area contributed by atoms with Crippen molar-refractivity contribution in [2.24, 2.45) is 0 Å². The number of pyridine rings is 3. The molecule has 0 atom stereocenters. The molecule has 502 valence electrons. The zero-order chi connectivity index (χ0) is 69.2. The van der Waals surface area contributed by atoms with Gasteiger partial charge < -0.3 is 45.5 Å². The maximum atomic E-state index is 9.61. The van der Waals surface area contributed by atoms with Gasteiger partial charge in [-0.2, -0.15) is 0 Å². The van der Waals surface area contributed by atoms with Crippen molar-refractivity contribution in [3.05, 3.63) is 329 Å². The topological polar surface area (TPSA) is 248 Å². The van der Waals surface area contributed by atoms with Gasteiger partial charge in [0.2, 0.25) is 0 Å². The van der Waals surface area contributed by atoms with E-state index < -0.39 is 0 Å². The quantitative estimate of drug-likeness (QED) is 0.0657. The molecule has 23 heteroatoms. The molecule has 0 bridgehead atoms. The lowest BCUT2D eigenvalue weighted by Crippen LogP contribution is -2.06. The Kier molecular flexibility index (Phi) is 23.9. The molecule has 0 aliphatic heterocycles. The molecule has 101 heavy (non-hydrogen) atoms. The van der Waals surface area contributed by atoms with E-state index in [0.29, 0.717) is 80.4 Å². The van der Waals surface area contributed by atoms with Crippen LogP contribution in [0.1, 0.15) is 17.1 Å². The third kappa shape index (κ3) is 18.5. The summed E-state index contributed by atoms with van der Waals surface area (Å²) in [4.78, 5) is 37.4. The zero-order valence-electron chi connectivity index (χ0n) is 53.6. The highest BCUT2D eigenvalue weighted by Crippen LogP contribution is 2.38. The van der Waals surface area contributed by atoms with Gasteiger partial charge in [0.05, 0.1) is 53.8 Å². The number of rotatable bonds is 16. The lowest BCUT2D eigenvalue weighted by molar-refractivity contribution is 0.441. The largest absolute Gasteiger partial charge is 0.508 e.